The van der Waals surface area contributed by atoms with Crippen LogP contribution in [0, 0.1) is 28.6 Å². The Bertz CT molecular complexity index is 684. The van der Waals surface area contributed by atoms with Gasteiger partial charge in [-0.25, -0.2) is 0 Å². The Kier molecular flexibility index (Phi) is 4.04. The number of aliphatic hydroxyl groups excluding tert-OH is 2. The van der Waals surface area contributed by atoms with Crippen molar-refractivity contribution in [1.82, 2.24) is 0 Å². The van der Waals surface area contributed by atoms with E-state index in [2.05, 4.69) is 13.0 Å². The van der Waals surface area contributed by atoms with Crippen molar-refractivity contribution in [3.05, 3.63) is 11.6 Å². The number of carbonyl (C=O) groups excluding carboxylic acids is 2. The van der Waals surface area contributed by atoms with Crippen LogP contribution in [0.3, 0.4) is 0 Å². The number of aliphatic hydroxyl groups is 3. The molecule has 7 atom stereocenters. The molecule has 5 heteroatoms. The minimum atomic E-state index is -1.55. The quantitative estimate of drug-likeness (QED) is 0.651. The summed E-state index contributed by atoms with van der Waals surface area (Å²) in [4.78, 5) is 24.3. The molecule has 5 nitrogen and oxygen atoms in total. The molecule has 0 aromatic heterocycles. The molecule has 0 bridgehead atoms. The summed E-state index contributed by atoms with van der Waals surface area (Å²) in [5, 5.41) is 31.7. The van der Waals surface area contributed by atoms with Crippen LogP contribution in [-0.2, 0) is 9.59 Å². The molecular weight excluding hydrogens is 332 g/mol. The minimum absolute atomic E-state index is 0.0697. The summed E-state index contributed by atoms with van der Waals surface area (Å²) in [6, 6.07) is 0. The third kappa shape index (κ3) is 2.14. The van der Waals surface area contributed by atoms with Crippen LogP contribution >= 0.6 is 0 Å². The molecule has 4 unspecified atom stereocenters. The van der Waals surface area contributed by atoms with Gasteiger partial charge >= 0.3 is 0 Å². The fraction of sp³-hybridized carbons (Fsp3) is 0.810. The average molecular weight is 362 g/mol. The fourth-order valence-corrected chi connectivity index (χ4v) is 7.20. The van der Waals surface area contributed by atoms with Crippen LogP contribution in [0.15, 0.2) is 11.6 Å². The first-order valence-electron chi connectivity index (χ1n) is 9.93. The molecule has 0 heterocycles. The van der Waals surface area contributed by atoms with Crippen LogP contribution in [0.5, 0.6) is 0 Å². The Morgan fingerprint density at radius 2 is 2.04 bits per heavy atom. The van der Waals surface area contributed by atoms with E-state index in [9.17, 15) is 24.9 Å². The van der Waals surface area contributed by atoms with E-state index in [0.717, 1.165) is 19.3 Å². The topological polar surface area (TPSA) is 94.8 Å². The molecule has 0 aromatic rings. The SMILES string of the molecule is C[C@]12CCC(=O)CC1=CCC1C2C(O)C[C@@]2(C)C1CC[C@]2(O)C(=O)CO. The molecule has 144 valence electrons. The van der Waals surface area contributed by atoms with Crippen molar-refractivity contribution < 1.29 is 24.9 Å². The molecule has 26 heavy (non-hydrogen) atoms. The predicted octanol–water partition coefficient (Wildman–Crippen LogP) is 1.78. The maximum Gasteiger partial charge on any atom is 0.190 e. The smallest absolute Gasteiger partial charge is 0.190 e. The van der Waals surface area contributed by atoms with Crippen molar-refractivity contribution in [1.29, 1.82) is 0 Å². The molecule has 4 rings (SSSR count). The Hall–Kier alpha value is -1.04. The molecule has 0 saturated heterocycles. The van der Waals surface area contributed by atoms with Gasteiger partial charge in [0.1, 0.15) is 18.0 Å². The van der Waals surface area contributed by atoms with Crippen LogP contribution in [0.25, 0.3) is 0 Å². The van der Waals surface area contributed by atoms with Crippen molar-refractivity contribution in [3.63, 3.8) is 0 Å². The van der Waals surface area contributed by atoms with Crippen LogP contribution in [-0.4, -0.2) is 45.2 Å². The van der Waals surface area contributed by atoms with Gasteiger partial charge in [-0.2, -0.15) is 0 Å². The average Bonchev–Trinajstić information content (AvgIpc) is 2.86. The molecule has 0 aliphatic heterocycles. The zero-order valence-corrected chi connectivity index (χ0v) is 15.7. The van der Waals surface area contributed by atoms with E-state index in [4.69, 9.17) is 0 Å². The zero-order chi connectivity index (χ0) is 18.9. The largest absolute Gasteiger partial charge is 0.393 e. The maximum absolute atomic E-state index is 12.4. The summed E-state index contributed by atoms with van der Waals surface area (Å²) in [5.74, 6) is 0.177. The highest BCUT2D eigenvalue weighted by molar-refractivity contribution is 5.89. The van der Waals surface area contributed by atoms with E-state index in [1.165, 1.54) is 5.57 Å². The number of fused-ring (bicyclic) bond motifs is 5. The van der Waals surface area contributed by atoms with Gasteiger partial charge in [-0.05, 0) is 55.3 Å². The molecule has 4 aliphatic rings. The number of hydrogen-bond donors (Lipinski definition) is 3. The number of rotatable bonds is 2. The lowest BCUT2D eigenvalue weighted by atomic mass is 9.46. The standard InChI is InChI=1S/C21H30O5/c1-19-7-5-13(23)9-12(19)3-4-14-15-6-8-21(26,17(25)11-22)20(15,2)10-16(24)18(14)19/h3,14-16,18,22,24,26H,4-11H2,1-2H3/t14?,15?,16?,18?,19-,20-,21-/m0/s1. The highest BCUT2D eigenvalue weighted by atomic mass is 16.3. The third-order valence-electron chi connectivity index (χ3n) is 8.63. The van der Waals surface area contributed by atoms with Crippen molar-refractivity contribution in [2.75, 3.05) is 6.61 Å². The molecule has 0 aromatic carbocycles. The summed E-state index contributed by atoms with van der Waals surface area (Å²) in [7, 11) is 0. The number of allylic oxidation sites excluding steroid dienone is 2. The zero-order valence-electron chi connectivity index (χ0n) is 15.7. The van der Waals surface area contributed by atoms with E-state index in [-0.39, 0.29) is 29.0 Å². The Labute approximate surface area is 154 Å². The monoisotopic (exact) mass is 362 g/mol. The summed E-state index contributed by atoms with van der Waals surface area (Å²) in [5.41, 5.74) is -1.25. The van der Waals surface area contributed by atoms with Crippen molar-refractivity contribution >= 4 is 11.6 Å². The van der Waals surface area contributed by atoms with Gasteiger partial charge in [-0.1, -0.05) is 25.5 Å². The van der Waals surface area contributed by atoms with Crippen LogP contribution in [0.4, 0.5) is 0 Å². The van der Waals surface area contributed by atoms with Crippen LogP contribution in [0.1, 0.15) is 58.8 Å². The highest BCUT2D eigenvalue weighted by Crippen LogP contribution is 2.67. The van der Waals surface area contributed by atoms with Crippen LogP contribution < -0.4 is 0 Å². The van der Waals surface area contributed by atoms with Gasteiger partial charge < -0.3 is 15.3 Å². The van der Waals surface area contributed by atoms with Gasteiger partial charge in [-0.3, -0.25) is 9.59 Å². The Morgan fingerprint density at radius 3 is 2.73 bits per heavy atom. The van der Waals surface area contributed by atoms with Gasteiger partial charge in [0, 0.05) is 18.3 Å². The van der Waals surface area contributed by atoms with E-state index in [1.807, 2.05) is 6.92 Å². The molecule has 0 amide bonds. The lowest BCUT2D eigenvalue weighted by molar-refractivity contribution is -0.180. The first kappa shape index (κ1) is 18.3. The molecule has 0 spiro atoms. The van der Waals surface area contributed by atoms with Crippen molar-refractivity contribution in [3.8, 4) is 0 Å². The maximum atomic E-state index is 12.4. The van der Waals surface area contributed by atoms with E-state index >= 15 is 0 Å². The molecule has 4 aliphatic carbocycles. The normalized spacial score (nSPS) is 50.5. The summed E-state index contributed by atoms with van der Waals surface area (Å²) < 4.78 is 0. The summed E-state index contributed by atoms with van der Waals surface area (Å²) in [6.45, 7) is 3.45. The van der Waals surface area contributed by atoms with Gasteiger partial charge in [-0.15, -0.1) is 0 Å². The van der Waals surface area contributed by atoms with E-state index in [0.29, 0.717) is 25.7 Å². The van der Waals surface area contributed by atoms with Gasteiger partial charge in [0.15, 0.2) is 5.78 Å². The number of carbonyl (C=O) groups is 2. The van der Waals surface area contributed by atoms with Crippen LogP contribution in [0.2, 0.25) is 0 Å². The van der Waals surface area contributed by atoms with Gasteiger partial charge in [0.05, 0.1) is 6.10 Å². The second kappa shape index (κ2) is 5.73. The number of Topliss-reactive ketones (excluding diaryl/α,β-unsaturated/α-hetero) is 2. The van der Waals surface area contributed by atoms with Crippen molar-refractivity contribution in [2.24, 2.45) is 28.6 Å². The van der Waals surface area contributed by atoms with Gasteiger partial charge in [0.25, 0.3) is 0 Å². The third-order valence-corrected chi connectivity index (χ3v) is 8.63. The van der Waals surface area contributed by atoms with E-state index in [1.54, 1.807) is 0 Å². The fourth-order valence-electron chi connectivity index (χ4n) is 7.20. The molecule has 0 radical (unpaired) electrons. The predicted molar refractivity (Wildman–Crippen MR) is 95.1 cm³/mol. The summed E-state index contributed by atoms with van der Waals surface area (Å²) in [6.07, 6.45) is 5.70. The second-order valence-electron chi connectivity index (χ2n) is 9.56. The number of hydrogen-bond acceptors (Lipinski definition) is 5. The molecular formula is C21H30O5. The first-order valence-corrected chi connectivity index (χ1v) is 9.93. The molecule has 3 N–H and O–H groups in total. The first-order chi connectivity index (χ1) is 12.2. The lowest BCUT2D eigenvalue weighted by Crippen LogP contribution is -2.61. The molecule has 3 fully saturated rings. The van der Waals surface area contributed by atoms with Gasteiger partial charge in [0.2, 0.25) is 0 Å². The second-order valence-corrected chi connectivity index (χ2v) is 9.56. The minimum Gasteiger partial charge on any atom is -0.393 e. The summed E-state index contributed by atoms with van der Waals surface area (Å²) >= 11 is 0. The van der Waals surface area contributed by atoms with Crippen molar-refractivity contribution in [2.45, 2.75) is 70.5 Å². The Balaban J connectivity index is 1.74. The molecule has 3 saturated carbocycles. The lowest BCUT2D eigenvalue weighted by Gasteiger charge is -2.59. The number of ketones is 2. The Morgan fingerprint density at radius 1 is 1.31 bits per heavy atom. The van der Waals surface area contributed by atoms with E-state index < -0.39 is 29.5 Å². The highest BCUT2D eigenvalue weighted by Gasteiger charge is 2.67.